The maximum Gasteiger partial charge on any atom is 0.0566 e. The molecule has 2 N–H and O–H groups in total. The number of hydrogen-bond acceptors (Lipinski definition) is 1. The highest BCUT2D eigenvalue weighted by Crippen LogP contribution is 2.30. The second-order valence-corrected chi connectivity index (χ2v) is 6.44. The Hall–Kier alpha value is -0.830. The monoisotopic (exact) mass is 351 g/mol. The van der Waals surface area contributed by atoms with E-state index in [-0.39, 0.29) is 6.04 Å². The van der Waals surface area contributed by atoms with Gasteiger partial charge in [0.1, 0.15) is 0 Å². The van der Waals surface area contributed by atoms with Crippen molar-refractivity contribution in [2.75, 3.05) is 0 Å². The van der Waals surface area contributed by atoms with Gasteiger partial charge in [-0.05, 0) is 47.2 Å². The van der Waals surface area contributed by atoms with Crippen molar-refractivity contribution in [1.29, 1.82) is 0 Å². The molecule has 0 amide bonds. The van der Waals surface area contributed by atoms with E-state index in [0.717, 1.165) is 22.0 Å². The predicted octanol–water partition coefficient (Wildman–Crippen LogP) is 5.66. The maximum absolute atomic E-state index is 6.34. The summed E-state index contributed by atoms with van der Waals surface area (Å²) in [7, 11) is 0. The normalized spacial score (nSPS) is 14.1. The lowest BCUT2D eigenvalue weighted by Gasteiger charge is -2.16. The summed E-state index contributed by atoms with van der Waals surface area (Å²) in [4.78, 5) is 0. The van der Waals surface area contributed by atoms with Gasteiger partial charge in [0.15, 0.2) is 0 Å². The number of nitrogens with two attached hydrogens (primary N) is 1. The van der Waals surface area contributed by atoms with Crippen molar-refractivity contribution in [1.82, 2.24) is 0 Å². The number of hydrogen-bond donors (Lipinski definition) is 1. The third-order valence-corrected chi connectivity index (χ3v) is 4.61. The summed E-state index contributed by atoms with van der Waals surface area (Å²) in [5.41, 5.74) is 9.71. The molecule has 0 saturated heterocycles. The van der Waals surface area contributed by atoms with E-state index in [1.165, 1.54) is 5.56 Å². The summed E-state index contributed by atoms with van der Waals surface area (Å²) in [5, 5.41) is 0.701. The van der Waals surface area contributed by atoms with Gasteiger partial charge in [0, 0.05) is 9.50 Å². The van der Waals surface area contributed by atoms with Crippen LogP contribution >= 0.6 is 27.5 Å². The Morgan fingerprint density at radius 2 is 1.70 bits per heavy atom. The lowest BCUT2D eigenvalue weighted by molar-refractivity contribution is 0.732. The second-order valence-electron chi connectivity index (χ2n) is 5.12. The standard InChI is InChI=1S/C17H19BrClN/c1-3-11(2)12-4-6-13(7-5-12)17(20)15-10-14(18)8-9-16(15)19/h4-11,17H,3,20H2,1-2H3. The van der Waals surface area contributed by atoms with Crippen LogP contribution < -0.4 is 5.73 Å². The summed E-state index contributed by atoms with van der Waals surface area (Å²) in [6.07, 6.45) is 1.14. The molecule has 0 heterocycles. The van der Waals surface area contributed by atoms with Crippen molar-refractivity contribution in [2.45, 2.75) is 32.2 Å². The molecule has 1 nitrogen and oxygen atoms in total. The average molecular weight is 353 g/mol. The lowest BCUT2D eigenvalue weighted by Crippen LogP contribution is -2.12. The van der Waals surface area contributed by atoms with Gasteiger partial charge in [-0.1, -0.05) is 65.6 Å². The van der Waals surface area contributed by atoms with E-state index < -0.39 is 0 Å². The quantitative estimate of drug-likeness (QED) is 0.754. The van der Waals surface area contributed by atoms with Crippen molar-refractivity contribution >= 4 is 27.5 Å². The Morgan fingerprint density at radius 1 is 1.10 bits per heavy atom. The largest absolute Gasteiger partial charge is 0.320 e. The van der Waals surface area contributed by atoms with E-state index in [1.807, 2.05) is 18.2 Å². The fraction of sp³-hybridized carbons (Fsp3) is 0.294. The fourth-order valence-corrected chi connectivity index (χ4v) is 2.81. The molecule has 2 rings (SSSR count). The molecular formula is C17H19BrClN. The third kappa shape index (κ3) is 3.43. The first-order chi connectivity index (χ1) is 9.52. The van der Waals surface area contributed by atoms with Gasteiger partial charge in [-0.25, -0.2) is 0 Å². The summed E-state index contributed by atoms with van der Waals surface area (Å²) >= 11 is 9.71. The Morgan fingerprint density at radius 3 is 2.30 bits per heavy atom. The minimum atomic E-state index is -0.203. The molecule has 2 unspecified atom stereocenters. The van der Waals surface area contributed by atoms with Gasteiger partial charge < -0.3 is 5.73 Å². The molecule has 0 saturated carbocycles. The van der Waals surface area contributed by atoms with Gasteiger partial charge in [-0.15, -0.1) is 0 Å². The van der Waals surface area contributed by atoms with Gasteiger partial charge in [-0.2, -0.15) is 0 Å². The van der Waals surface area contributed by atoms with Crippen LogP contribution in [0.25, 0.3) is 0 Å². The predicted molar refractivity (Wildman–Crippen MR) is 90.3 cm³/mol. The Labute approximate surface area is 134 Å². The van der Waals surface area contributed by atoms with Crippen molar-refractivity contribution in [3.63, 3.8) is 0 Å². The number of rotatable bonds is 4. The van der Waals surface area contributed by atoms with Crippen molar-refractivity contribution < 1.29 is 0 Å². The lowest BCUT2D eigenvalue weighted by atomic mass is 9.94. The molecule has 20 heavy (non-hydrogen) atoms. The summed E-state index contributed by atoms with van der Waals surface area (Å²) in [6, 6.07) is 14.1. The number of halogens is 2. The fourth-order valence-electron chi connectivity index (χ4n) is 2.20. The van der Waals surface area contributed by atoms with Crippen LogP contribution in [0.4, 0.5) is 0 Å². The topological polar surface area (TPSA) is 26.0 Å². The molecule has 0 fully saturated rings. The van der Waals surface area contributed by atoms with E-state index >= 15 is 0 Å². The molecule has 106 valence electrons. The number of benzene rings is 2. The maximum atomic E-state index is 6.34. The summed E-state index contributed by atoms with van der Waals surface area (Å²) < 4.78 is 0.989. The molecule has 0 radical (unpaired) electrons. The van der Waals surface area contributed by atoms with Crippen LogP contribution in [0.5, 0.6) is 0 Å². The van der Waals surface area contributed by atoms with Crippen LogP contribution in [0.2, 0.25) is 5.02 Å². The third-order valence-electron chi connectivity index (χ3n) is 3.77. The average Bonchev–Trinajstić information content (AvgIpc) is 2.48. The van der Waals surface area contributed by atoms with E-state index in [4.69, 9.17) is 17.3 Å². The van der Waals surface area contributed by atoms with Gasteiger partial charge in [0.2, 0.25) is 0 Å². The minimum Gasteiger partial charge on any atom is -0.320 e. The molecule has 0 aromatic heterocycles. The molecule has 2 atom stereocenters. The van der Waals surface area contributed by atoms with Crippen LogP contribution in [0.1, 0.15) is 48.9 Å². The van der Waals surface area contributed by atoms with Crippen molar-refractivity contribution in [3.05, 3.63) is 68.7 Å². The SMILES string of the molecule is CCC(C)c1ccc(C(N)c2cc(Br)ccc2Cl)cc1. The highest BCUT2D eigenvalue weighted by Gasteiger charge is 2.13. The van der Waals surface area contributed by atoms with E-state index in [0.29, 0.717) is 10.9 Å². The molecule has 0 aliphatic heterocycles. The zero-order valence-electron chi connectivity index (χ0n) is 11.7. The van der Waals surface area contributed by atoms with Crippen molar-refractivity contribution in [2.24, 2.45) is 5.73 Å². The van der Waals surface area contributed by atoms with E-state index in [2.05, 4.69) is 54.0 Å². The molecule has 2 aromatic carbocycles. The Bertz CT molecular complexity index is 580. The molecule has 2 aromatic rings. The summed E-state index contributed by atoms with van der Waals surface area (Å²) in [5.74, 6) is 0.578. The molecule has 0 aliphatic carbocycles. The van der Waals surface area contributed by atoms with Crippen LogP contribution in [-0.2, 0) is 0 Å². The van der Waals surface area contributed by atoms with Crippen LogP contribution in [0.3, 0.4) is 0 Å². The molecule has 0 spiro atoms. The first-order valence-electron chi connectivity index (χ1n) is 6.83. The second kappa shape index (κ2) is 6.75. The van der Waals surface area contributed by atoms with Crippen LogP contribution in [0.15, 0.2) is 46.9 Å². The molecule has 0 aliphatic rings. The smallest absolute Gasteiger partial charge is 0.0566 e. The minimum absolute atomic E-state index is 0.203. The first-order valence-corrected chi connectivity index (χ1v) is 8.00. The Kier molecular flexibility index (Phi) is 5.25. The van der Waals surface area contributed by atoms with Gasteiger partial charge in [0.05, 0.1) is 6.04 Å². The van der Waals surface area contributed by atoms with Gasteiger partial charge in [0.25, 0.3) is 0 Å². The Balaban J connectivity index is 2.29. The van der Waals surface area contributed by atoms with E-state index in [1.54, 1.807) is 0 Å². The zero-order valence-corrected chi connectivity index (χ0v) is 14.1. The first kappa shape index (κ1) is 15.6. The molecule has 0 bridgehead atoms. The highest BCUT2D eigenvalue weighted by molar-refractivity contribution is 9.10. The van der Waals surface area contributed by atoms with Crippen LogP contribution in [-0.4, -0.2) is 0 Å². The van der Waals surface area contributed by atoms with Gasteiger partial charge >= 0.3 is 0 Å². The van der Waals surface area contributed by atoms with Crippen molar-refractivity contribution in [3.8, 4) is 0 Å². The highest BCUT2D eigenvalue weighted by atomic mass is 79.9. The van der Waals surface area contributed by atoms with Crippen LogP contribution in [0, 0.1) is 0 Å². The molecular weight excluding hydrogens is 334 g/mol. The zero-order chi connectivity index (χ0) is 14.7. The van der Waals surface area contributed by atoms with Gasteiger partial charge in [-0.3, -0.25) is 0 Å². The molecule has 3 heteroatoms. The summed E-state index contributed by atoms with van der Waals surface area (Å²) in [6.45, 7) is 4.44. The van der Waals surface area contributed by atoms with E-state index in [9.17, 15) is 0 Å².